The highest BCUT2D eigenvalue weighted by Gasteiger charge is 2.18. The van der Waals surface area contributed by atoms with Gasteiger partial charge in [0.05, 0.1) is 13.0 Å². The van der Waals surface area contributed by atoms with Crippen LogP contribution in [0.2, 0.25) is 0 Å². The van der Waals surface area contributed by atoms with Gasteiger partial charge in [-0.15, -0.1) is 11.3 Å². The SMILES string of the molecule is Cc1cc(C(=O)COC(=O)Cc2cccc(F)c2)c(C)n1Cc1cccs1. The monoisotopic (exact) mass is 385 g/mol. The second-order valence-corrected chi connectivity index (χ2v) is 7.37. The van der Waals surface area contributed by atoms with Crippen LogP contribution in [0, 0.1) is 19.7 Å². The van der Waals surface area contributed by atoms with Gasteiger partial charge in [0.2, 0.25) is 5.78 Å². The number of benzene rings is 1. The summed E-state index contributed by atoms with van der Waals surface area (Å²) in [5.74, 6) is -1.20. The minimum atomic E-state index is -0.554. The number of aromatic nitrogens is 1. The highest BCUT2D eigenvalue weighted by Crippen LogP contribution is 2.20. The van der Waals surface area contributed by atoms with Gasteiger partial charge < -0.3 is 9.30 Å². The zero-order valence-electron chi connectivity index (χ0n) is 15.2. The molecular weight excluding hydrogens is 365 g/mol. The van der Waals surface area contributed by atoms with Crippen LogP contribution in [0.5, 0.6) is 0 Å². The number of halogens is 1. The van der Waals surface area contributed by atoms with E-state index >= 15 is 0 Å². The predicted octanol–water partition coefficient (Wildman–Crippen LogP) is 4.32. The summed E-state index contributed by atoms with van der Waals surface area (Å²) in [7, 11) is 0. The van der Waals surface area contributed by atoms with Crippen molar-refractivity contribution < 1.29 is 18.7 Å². The molecule has 0 unspecified atom stereocenters. The number of carbonyl (C=O) groups is 2. The molecule has 27 heavy (non-hydrogen) atoms. The van der Waals surface area contributed by atoms with Gasteiger partial charge in [0.25, 0.3) is 0 Å². The number of ether oxygens (including phenoxy) is 1. The summed E-state index contributed by atoms with van der Waals surface area (Å²) in [6.07, 6.45) is -0.0670. The average Bonchev–Trinajstić information content (AvgIpc) is 3.23. The van der Waals surface area contributed by atoms with Crippen LogP contribution in [0.3, 0.4) is 0 Å². The molecule has 3 rings (SSSR count). The molecule has 0 fully saturated rings. The van der Waals surface area contributed by atoms with Crippen LogP contribution in [0.1, 0.15) is 32.2 Å². The van der Waals surface area contributed by atoms with Gasteiger partial charge in [0.15, 0.2) is 6.61 Å². The van der Waals surface area contributed by atoms with Crippen LogP contribution < -0.4 is 0 Å². The molecule has 0 bridgehead atoms. The standard InChI is InChI=1S/C21H20FNO3S/c1-14-9-19(15(2)23(14)12-18-7-4-8-27-18)20(24)13-26-21(25)11-16-5-3-6-17(22)10-16/h3-10H,11-13H2,1-2H3. The molecule has 0 aliphatic rings. The van der Waals surface area contributed by atoms with E-state index in [4.69, 9.17) is 4.74 Å². The second kappa shape index (κ2) is 8.31. The van der Waals surface area contributed by atoms with Gasteiger partial charge in [-0.2, -0.15) is 0 Å². The summed E-state index contributed by atoms with van der Waals surface area (Å²) >= 11 is 1.67. The lowest BCUT2D eigenvalue weighted by atomic mass is 10.1. The fourth-order valence-corrected chi connectivity index (χ4v) is 3.67. The number of thiophene rings is 1. The first-order valence-electron chi connectivity index (χ1n) is 8.56. The largest absolute Gasteiger partial charge is 0.457 e. The van der Waals surface area contributed by atoms with E-state index in [-0.39, 0.29) is 18.8 Å². The summed E-state index contributed by atoms with van der Waals surface area (Å²) in [5.41, 5.74) is 2.91. The number of hydrogen-bond donors (Lipinski definition) is 0. The zero-order chi connectivity index (χ0) is 19.4. The second-order valence-electron chi connectivity index (χ2n) is 6.34. The maximum Gasteiger partial charge on any atom is 0.310 e. The number of nitrogens with zero attached hydrogens (tertiary/aromatic N) is 1. The Morgan fingerprint density at radius 3 is 2.67 bits per heavy atom. The van der Waals surface area contributed by atoms with E-state index in [0.717, 1.165) is 11.4 Å². The highest BCUT2D eigenvalue weighted by atomic mass is 32.1. The van der Waals surface area contributed by atoms with Gasteiger partial charge in [-0.1, -0.05) is 18.2 Å². The first kappa shape index (κ1) is 19.0. The summed E-state index contributed by atoms with van der Waals surface area (Å²) in [5, 5.41) is 2.02. The number of rotatable bonds is 7. The number of esters is 1. The van der Waals surface area contributed by atoms with E-state index in [9.17, 15) is 14.0 Å². The number of Topliss-reactive ketones (excluding diaryl/α,β-unsaturated/α-hetero) is 1. The molecule has 1 aromatic carbocycles. The molecule has 0 amide bonds. The first-order valence-corrected chi connectivity index (χ1v) is 9.44. The van der Waals surface area contributed by atoms with Gasteiger partial charge in [-0.3, -0.25) is 9.59 Å². The Morgan fingerprint density at radius 2 is 1.96 bits per heavy atom. The zero-order valence-corrected chi connectivity index (χ0v) is 16.0. The Labute approximate surface area is 161 Å². The van der Waals surface area contributed by atoms with Crippen LogP contribution in [0.15, 0.2) is 47.8 Å². The van der Waals surface area contributed by atoms with E-state index in [2.05, 4.69) is 10.6 Å². The van der Waals surface area contributed by atoms with Crippen LogP contribution in [-0.2, 0) is 22.5 Å². The molecule has 0 spiro atoms. The summed E-state index contributed by atoms with van der Waals surface area (Å²) in [6.45, 7) is 4.23. The first-order chi connectivity index (χ1) is 12.9. The van der Waals surface area contributed by atoms with E-state index in [1.54, 1.807) is 17.4 Å². The molecule has 0 aliphatic carbocycles. The van der Waals surface area contributed by atoms with Crippen LogP contribution >= 0.6 is 11.3 Å². The topological polar surface area (TPSA) is 48.3 Å². The van der Waals surface area contributed by atoms with E-state index in [1.165, 1.54) is 23.1 Å². The highest BCUT2D eigenvalue weighted by molar-refractivity contribution is 7.09. The van der Waals surface area contributed by atoms with Gasteiger partial charge in [0.1, 0.15) is 5.82 Å². The molecule has 3 aromatic rings. The molecule has 0 saturated heterocycles. The third kappa shape index (κ3) is 4.71. The van der Waals surface area contributed by atoms with Crippen molar-refractivity contribution in [2.75, 3.05) is 6.61 Å². The van der Waals surface area contributed by atoms with Crippen molar-refractivity contribution in [1.29, 1.82) is 0 Å². The molecule has 6 heteroatoms. The fraction of sp³-hybridized carbons (Fsp3) is 0.238. The van der Waals surface area contributed by atoms with E-state index in [0.29, 0.717) is 17.7 Å². The van der Waals surface area contributed by atoms with Crippen molar-refractivity contribution in [1.82, 2.24) is 4.57 Å². The molecule has 0 aliphatic heterocycles. The van der Waals surface area contributed by atoms with Crippen molar-refractivity contribution in [3.63, 3.8) is 0 Å². The van der Waals surface area contributed by atoms with Crippen molar-refractivity contribution in [2.45, 2.75) is 26.8 Å². The number of hydrogen-bond acceptors (Lipinski definition) is 4. The van der Waals surface area contributed by atoms with Crippen LogP contribution in [0.4, 0.5) is 4.39 Å². The normalized spacial score (nSPS) is 10.8. The smallest absolute Gasteiger partial charge is 0.310 e. The summed E-state index contributed by atoms with van der Waals surface area (Å²) < 4.78 is 20.3. The van der Waals surface area contributed by atoms with Gasteiger partial charge >= 0.3 is 5.97 Å². The maximum atomic E-state index is 13.2. The average molecular weight is 385 g/mol. The van der Waals surface area contributed by atoms with Gasteiger partial charge in [-0.25, -0.2) is 4.39 Å². The Bertz CT molecular complexity index is 960. The molecule has 0 N–H and O–H groups in total. The summed E-state index contributed by atoms with van der Waals surface area (Å²) in [6, 6.07) is 11.6. The molecule has 0 radical (unpaired) electrons. The maximum absolute atomic E-state index is 13.2. The summed E-state index contributed by atoms with van der Waals surface area (Å²) in [4.78, 5) is 25.6. The number of carbonyl (C=O) groups excluding carboxylic acids is 2. The fourth-order valence-electron chi connectivity index (χ4n) is 2.97. The van der Waals surface area contributed by atoms with E-state index in [1.807, 2.05) is 31.4 Å². The molecule has 0 saturated carbocycles. The molecule has 140 valence electrons. The Morgan fingerprint density at radius 1 is 1.15 bits per heavy atom. The molecule has 2 heterocycles. The lowest BCUT2D eigenvalue weighted by Gasteiger charge is -2.08. The van der Waals surface area contributed by atoms with E-state index < -0.39 is 11.8 Å². The van der Waals surface area contributed by atoms with Crippen molar-refractivity contribution in [3.8, 4) is 0 Å². The minimum Gasteiger partial charge on any atom is -0.457 e. The van der Waals surface area contributed by atoms with Crippen molar-refractivity contribution in [3.05, 3.63) is 81.1 Å². The minimum absolute atomic E-state index is 0.0670. The third-order valence-corrected chi connectivity index (χ3v) is 5.23. The van der Waals surface area contributed by atoms with Gasteiger partial charge in [0, 0.05) is 21.8 Å². The van der Waals surface area contributed by atoms with Crippen LogP contribution in [0.25, 0.3) is 0 Å². The Balaban J connectivity index is 1.62. The van der Waals surface area contributed by atoms with Crippen molar-refractivity contribution >= 4 is 23.1 Å². The Kier molecular flexibility index (Phi) is 5.86. The molecule has 0 atom stereocenters. The quantitative estimate of drug-likeness (QED) is 0.449. The third-order valence-electron chi connectivity index (χ3n) is 4.37. The number of aryl methyl sites for hydroxylation is 1. The predicted molar refractivity (Wildman–Crippen MR) is 103 cm³/mol. The number of ketones is 1. The van der Waals surface area contributed by atoms with Crippen molar-refractivity contribution in [2.24, 2.45) is 0 Å². The van der Waals surface area contributed by atoms with Crippen LogP contribution in [-0.4, -0.2) is 22.9 Å². The lowest BCUT2D eigenvalue weighted by Crippen LogP contribution is -2.16. The lowest BCUT2D eigenvalue weighted by molar-refractivity contribution is -0.141. The molecule has 2 aromatic heterocycles. The molecular formula is C21H20FNO3S. The molecule has 4 nitrogen and oxygen atoms in total. The Hall–Kier alpha value is -2.73. The van der Waals surface area contributed by atoms with Gasteiger partial charge in [-0.05, 0) is 49.1 Å².